The summed E-state index contributed by atoms with van der Waals surface area (Å²) in [6.45, 7) is 10.9. The fourth-order valence-electron chi connectivity index (χ4n) is 2.14. The summed E-state index contributed by atoms with van der Waals surface area (Å²) in [5, 5.41) is 9.96. The molecule has 1 rings (SSSR count). The van der Waals surface area contributed by atoms with Gasteiger partial charge in [0.25, 0.3) is 0 Å². The van der Waals surface area contributed by atoms with Crippen LogP contribution in [0.4, 0.5) is 0 Å². The number of hydrogen-bond donors (Lipinski definition) is 3. The maximum absolute atomic E-state index is 12.6. The molecule has 0 bridgehead atoms. The van der Waals surface area contributed by atoms with E-state index in [1.165, 1.54) is 0 Å². The zero-order valence-corrected chi connectivity index (χ0v) is 13.8. The third-order valence-corrected chi connectivity index (χ3v) is 5.02. The normalized spacial score (nSPS) is 13.9. The quantitative estimate of drug-likeness (QED) is 0.680. The number of H-pyrrole nitrogens is 1. The maximum atomic E-state index is 12.6. The Kier molecular flexibility index (Phi) is 6.16. The van der Waals surface area contributed by atoms with Gasteiger partial charge in [0, 0.05) is 12.6 Å². The van der Waals surface area contributed by atoms with Gasteiger partial charge in [0.15, 0.2) is 0 Å². The third kappa shape index (κ3) is 4.04. The summed E-state index contributed by atoms with van der Waals surface area (Å²) in [7, 11) is -3.55. The lowest BCUT2D eigenvalue weighted by atomic mass is 10.0. The van der Waals surface area contributed by atoms with Gasteiger partial charge in [0.2, 0.25) is 10.0 Å². The van der Waals surface area contributed by atoms with Crippen LogP contribution in [0.3, 0.4) is 0 Å². The number of nitrogens with one attached hydrogen (secondary N) is 3. The first-order chi connectivity index (χ1) is 9.33. The van der Waals surface area contributed by atoms with Gasteiger partial charge < -0.3 is 5.32 Å². The smallest absolute Gasteiger partial charge is 0.244 e. The Balaban J connectivity index is 3.05. The molecule has 0 aromatic carbocycles. The van der Waals surface area contributed by atoms with Crippen molar-refractivity contribution in [2.75, 3.05) is 6.54 Å². The fraction of sp³-hybridized carbons (Fsp3) is 0.769. The van der Waals surface area contributed by atoms with Crippen molar-refractivity contribution in [2.45, 2.75) is 58.5 Å². The second-order valence-electron chi connectivity index (χ2n) is 5.28. The average Bonchev–Trinajstić information content (AvgIpc) is 2.75. The molecular weight excluding hydrogens is 276 g/mol. The van der Waals surface area contributed by atoms with Crippen molar-refractivity contribution >= 4 is 10.0 Å². The average molecular weight is 302 g/mol. The first-order valence-electron chi connectivity index (χ1n) is 7.10. The first kappa shape index (κ1) is 17.1. The molecule has 0 fully saturated rings. The predicted molar refractivity (Wildman–Crippen MR) is 79.9 cm³/mol. The molecule has 0 amide bonds. The molecule has 1 aromatic rings. The van der Waals surface area contributed by atoms with Crippen LogP contribution in [0.2, 0.25) is 0 Å². The molecule has 0 saturated carbocycles. The van der Waals surface area contributed by atoms with Crippen LogP contribution in [-0.4, -0.2) is 31.2 Å². The SMILES string of the molecule is CCNCc1n[nH]c(C)c1S(=O)(=O)NC(CC)C(C)C. The molecular formula is C13H26N4O2S. The summed E-state index contributed by atoms with van der Waals surface area (Å²) in [5.74, 6) is 0.249. The van der Waals surface area contributed by atoms with Crippen LogP contribution in [0.5, 0.6) is 0 Å². The lowest BCUT2D eigenvalue weighted by molar-refractivity contribution is 0.437. The van der Waals surface area contributed by atoms with E-state index in [2.05, 4.69) is 20.2 Å². The lowest BCUT2D eigenvalue weighted by Crippen LogP contribution is -2.38. The Hall–Kier alpha value is -0.920. The second-order valence-corrected chi connectivity index (χ2v) is 6.94. The first-order valence-corrected chi connectivity index (χ1v) is 8.58. The van der Waals surface area contributed by atoms with E-state index < -0.39 is 10.0 Å². The van der Waals surface area contributed by atoms with Crippen molar-refractivity contribution in [3.8, 4) is 0 Å². The minimum Gasteiger partial charge on any atom is -0.311 e. The summed E-state index contributed by atoms with van der Waals surface area (Å²) in [5.41, 5.74) is 1.11. The van der Waals surface area contributed by atoms with E-state index >= 15 is 0 Å². The molecule has 1 aromatic heterocycles. The van der Waals surface area contributed by atoms with Gasteiger partial charge in [-0.05, 0) is 25.8 Å². The molecule has 1 atom stereocenters. The van der Waals surface area contributed by atoms with Crippen LogP contribution >= 0.6 is 0 Å². The van der Waals surface area contributed by atoms with Gasteiger partial charge in [-0.3, -0.25) is 5.10 Å². The molecule has 6 nitrogen and oxygen atoms in total. The van der Waals surface area contributed by atoms with Crippen molar-refractivity contribution in [1.82, 2.24) is 20.2 Å². The highest BCUT2D eigenvalue weighted by Gasteiger charge is 2.27. The van der Waals surface area contributed by atoms with Crippen LogP contribution in [-0.2, 0) is 16.6 Å². The van der Waals surface area contributed by atoms with Crippen LogP contribution in [0.25, 0.3) is 0 Å². The van der Waals surface area contributed by atoms with E-state index in [9.17, 15) is 8.42 Å². The van der Waals surface area contributed by atoms with E-state index in [4.69, 9.17) is 0 Å². The number of nitrogens with zero attached hydrogens (tertiary/aromatic N) is 1. The monoisotopic (exact) mass is 302 g/mol. The van der Waals surface area contributed by atoms with E-state index in [0.717, 1.165) is 13.0 Å². The third-order valence-electron chi connectivity index (χ3n) is 3.32. The van der Waals surface area contributed by atoms with Gasteiger partial charge in [-0.1, -0.05) is 27.7 Å². The Morgan fingerprint density at radius 1 is 1.30 bits per heavy atom. The summed E-state index contributed by atoms with van der Waals surface area (Å²) in [6, 6.07) is -0.0683. The van der Waals surface area contributed by atoms with E-state index in [1.807, 2.05) is 27.7 Å². The molecule has 1 heterocycles. The number of aryl methyl sites for hydroxylation is 1. The topological polar surface area (TPSA) is 86.9 Å². The van der Waals surface area contributed by atoms with Crippen LogP contribution in [0.1, 0.15) is 45.5 Å². The van der Waals surface area contributed by atoms with Gasteiger partial charge in [0.1, 0.15) is 4.90 Å². The van der Waals surface area contributed by atoms with Crippen molar-refractivity contribution in [1.29, 1.82) is 0 Å². The van der Waals surface area contributed by atoms with Crippen molar-refractivity contribution in [2.24, 2.45) is 5.92 Å². The summed E-state index contributed by atoms with van der Waals surface area (Å²) in [4.78, 5) is 0.276. The Morgan fingerprint density at radius 2 is 1.95 bits per heavy atom. The molecule has 0 radical (unpaired) electrons. The highest BCUT2D eigenvalue weighted by molar-refractivity contribution is 7.89. The number of aromatic nitrogens is 2. The molecule has 0 aliphatic carbocycles. The highest BCUT2D eigenvalue weighted by atomic mass is 32.2. The number of aromatic amines is 1. The number of rotatable bonds is 8. The Labute approximate surface area is 121 Å². The predicted octanol–water partition coefficient (Wildman–Crippen LogP) is 1.54. The second kappa shape index (κ2) is 7.19. The molecule has 7 heteroatoms. The molecule has 3 N–H and O–H groups in total. The van der Waals surface area contributed by atoms with Crippen molar-refractivity contribution < 1.29 is 8.42 Å². The fourth-order valence-corrected chi connectivity index (χ4v) is 3.97. The highest BCUT2D eigenvalue weighted by Crippen LogP contribution is 2.19. The Bertz CT molecular complexity index is 522. The number of hydrogen-bond acceptors (Lipinski definition) is 4. The van der Waals surface area contributed by atoms with Gasteiger partial charge in [-0.15, -0.1) is 0 Å². The van der Waals surface area contributed by atoms with Gasteiger partial charge in [0.05, 0.1) is 11.4 Å². The van der Waals surface area contributed by atoms with Crippen LogP contribution < -0.4 is 10.0 Å². The standard InChI is InChI=1S/C13H26N4O2S/c1-6-11(9(3)4)17-20(18,19)13-10(5)15-16-12(13)8-14-7-2/h9,11,14,17H,6-8H2,1-5H3,(H,15,16). The van der Waals surface area contributed by atoms with E-state index in [0.29, 0.717) is 17.9 Å². The summed E-state index contributed by atoms with van der Waals surface area (Å²) < 4.78 is 27.9. The van der Waals surface area contributed by atoms with E-state index in [1.54, 1.807) is 6.92 Å². The van der Waals surface area contributed by atoms with Crippen molar-refractivity contribution in [3.63, 3.8) is 0 Å². The molecule has 0 spiro atoms. The lowest BCUT2D eigenvalue weighted by Gasteiger charge is -2.20. The van der Waals surface area contributed by atoms with E-state index in [-0.39, 0.29) is 16.9 Å². The van der Waals surface area contributed by atoms with Gasteiger partial charge >= 0.3 is 0 Å². The molecule has 1 unspecified atom stereocenters. The summed E-state index contributed by atoms with van der Waals surface area (Å²) in [6.07, 6.45) is 0.760. The molecule has 0 saturated heterocycles. The molecule has 0 aliphatic heterocycles. The molecule has 20 heavy (non-hydrogen) atoms. The minimum atomic E-state index is -3.55. The van der Waals surface area contributed by atoms with Crippen LogP contribution in [0.15, 0.2) is 4.90 Å². The Morgan fingerprint density at radius 3 is 2.45 bits per heavy atom. The maximum Gasteiger partial charge on any atom is 0.244 e. The summed E-state index contributed by atoms with van der Waals surface area (Å²) >= 11 is 0. The van der Waals surface area contributed by atoms with Crippen molar-refractivity contribution in [3.05, 3.63) is 11.4 Å². The molecule has 0 aliphatic rings. The zero-order valence-electron chi connectivity index (χ0n) is 12.9. The largest absolute Gasteiger partial charge is 0.311 e. The van der Waals surface area contributed by atoms with Crippen LogP contribution in [0, 0.1) is 12.8 Å². The van der Waals surface area contributed by atoms with Gasteiger partial charge in [-0.25, -0.2) is 13.1 Å². The minimum absolute atomic E-state index is 0.0683. The zero-order chi connectivity index (χ0) is 15.3. The molecule has 116 valence electrons. The number of sulfonamides is 1. The van der Waals surface area contributed by atoms with Gasteiger partial charge in [-0.2, -0.15) is 5.10 Å².